The number of nitrogens with zero attached hydrogens (tertiary/aromatic N) is 1. The van der Waals surface area contributed by atoms with E-state index in [2.05, 4.69) is 0 Å². The molecule has 0 bridgehead atoms. The SMILES string of the molecule is COC(=O)C[C@H](C(=O)OC)[C@@]1([N+](=O)[O-])CC(C)=C(C)C[C@@H]1[C@H](OC(C)=O)[C@@H](OC(C)=O)[C@@H](OC(C)=O)[C@@H](COC(C)=O)OC(C)=O. The summed E-state index contributed by atoms with van der Waals surface area (Å²) in [6, 6.07) is 0. The van der Waals surface area contributed by atoms with Crippen molar-refractivity contribution in [2.45, 2.75) is 97.7 Å². The van der Waals surface area contributed by atoms with Gasteiger partial charge in [-0.3, -0.25) is 43.7 Å². The summed E-state index contributed by atoms with van der Waals surface area (Å²) < 4.78 is 36.5. The Morgan fingerprint density at radius 1 is 0.783 bits per heavy atom. The lowest BCUT2D eigenvalue weighted by Gasteiger charge is -2.46. The first-order chi connectivity index (χ1) is 21.3. The highest BCUT2D eigenvalue weighted by atomic mass is 16.6. The zero-order chi connectivity index (χ0) is 35.5. The average molecular weight is 660 g/mol. The third-order valence-corrected chi connectivity index (χ3v) is 7.56. The summed E-state index contributed by atoms with van der Waals surface area (Å²) in [7, 11) is 1.98. The van der Waals surface area contributed by atoms with Gasteiger partial charge in [-0.25, -0.2) is 0 Å². The Balaban J connectivity index is 4.26. The van der Waals surface area contributed by atoms with Crippen LogP contribution < -0.4 is 0 Å². The van der Waals surface area contributed by atoms with E-state index in [9.17, 15) is 43.7 Å². The minimum atomic E-state index is -2.48. The largest absolute Gasteiger partial charge is 0.469 e. The van der Waals surface area contributed by atoms with E-state index in [-0.39, 0.29) is 6.42 Å². The molecular formula is C29H41NO16. The molecule has 0 amide bonds. The second-order valence-electron chi connectivity index (χ2n) is 10.8. The summed E-state index contributed by atoms with van der Waals surface area (Å²) in [6.07, 6.45) is -8.98. The number of methoxy groups -OCH3 is 2. The predicted molar refractivity (Wildman–Crippen MR) is 152 cm³/mol. The number of hydrogen-bond donors (Lipinski definition) is 0. The number of allylic oxidation sites excluding steroid dienone is 1. The third-order valence-electron chi connectivity index (χ3n) is 7.56. The fourth-order valence-electron chi connectivity index (χ4n) is 5.59. The van der Waals surface area contributed by atoms with Gasteiger partial charge >= 0.3 is 41.8 Å². The van der Waals surface area contributed by atoms with E-state index in [0.717, 1.165) is 48.8 Å². The van der Waals surface area contributed by atoms with E-state index in [1.807, 2.05) is 0 Å². The van der Waals surface area contributed by atoms with Gasteiger partial charge in [-0.15, -0.1) is 0 Å². The highest BCUT2D eigenvalue weighted by Crippen LogP contribution is 2.49. The molecule has 258 valence electrons. The number of esters is 7. The molecule has 0 radical (unpaired) electrons. The highest BCUT2D eigenvalue weighted by molar-refractivity contribution is 5.81. The topological polar surface area (TPSA) is 227 Å². The molecule has 0 saturated carbocycles. The quantitative estimate of drug-likeness (QED) is 0.0795. The number of hydrogen-bond acceptors (Lipinski definition) is 16. The molecule has 17 nitrogen and oxygen atoms in total. The van der Waals surface area contributed by atoms with Gasteiger partial charge in [0, 0.05) is 46.0 Å². The Morgan fingerprint density at radius 2 is 1.30 bits per heavy atom. The second kappa shape index (κ2) is 17.2. The van der Waals surface area contributed by atoms with Crippen LogP contribution in [0, 0.1) is 22.0 Å². The molecule has 0 saturated heterocycles. The van der Waals surface area contributed by atoms with Crippen LogP contribution in [-0.2, 0) is 66.7 Å². The molecule has 0 fully saturated rings. The summed E-state index contributed by atoms with van der Waals surface area (Å²) >= 11 is 0. The smallest absolute Gasteiger partial charge is 0.316 e. The van der Waals surface area contributed by atoms with Crippen LogP contribution in [0.1, 0.15) is 67.7 Å². The average Bonchev–Trinajstić information content (AvgIpc) is 2.94. The van der Waals surface area contributed by atoms with Crippen LogP contribution in [-0.4, -0.2) is 97.5 Å². The van der Waals surface area contributed by atoms with Crippen molar-refractivity contribution < 1.29 is 71.6 Å². The van der Waals surface area contributed by atoms with Crippen molar-refractivity contribution in [3.63, 3.8) is 0 Å². The Kier molecular flexibility index (Phi) is 14.8. The van der Waals surface area contributed by atoms with Crippen LogP contribution in [0.3, 0.4) is 0 Å². The minimum Gasteiger partial charge on any atom is -0.469 e. The molecule has 0 aromatic carbocycles. The first kappa shape index (κ1) is 39.5. The van der Waals surface area contributed by atoms with Gasteiger partial charge in [0.25, 0.3) is 0 Å². The lowest BCUT2D eigenvalue weighted by atomic mass is 9.61. The van der Waals surface area contributed by atoms with Crippen molar-refractivity contribution in [3.8, 4) is 0 Å². The minimum absolute atomic E-state index is 0.258. The van der Waals surface area contributed by atoms with Gasteiger partial charge in [0.1, 0.15) is 12.5 Å². The van der Waals surface area contributed by atoms with E-state index < -0.39 is 108 Å². The van der Waals surface area contributed by atoms with Crippen molar-refractivity contribution in [1.29, 1.82) is 0 Å². The Hall–Kier alpha value is -4.57. The molecule has 0 aliphatic heterocycles. The molecule has 0 aromatic rings. The molecule has 0 heterocycles. The zero-order valence-electron chi connectivity index (χ0n) is 27.3. The molecule has 0 spiro atoms. The molecule has 0 unspecified atom stereocenters. The van der Waals surface area contributed by atoms with Gasteiger partial charge in [0.15, 0.2) is 24.4 Å². The summed E-state index contributed by atoms with van der Waals surface area (Å²) in [5.74, 6) is -10.4. The number of rotatable bonds is 15. The Bertz CT molecular complexity index is 1240. The Morgan fingerprint density at radius 3 is 1.74 bits per heavy atom. The first-order valence-electron chi connectivity index (χ1n) is 14.1. The molecular weight excluding hydrogens is 618 g/mol. The van der Waals surface area contributed by atoms with Crippen LogP contribution in [0.5, 0.6) is 0 Å². The van der Waals surface area contributed by atoms with Gasteiger partial charge in [0.2, 0.25) is 5.54 Å². The van der Waals surface area contributed by atoms with E-state index >= 15 is 0 Å². The zero-order valence-corrected chi connectivity index (χ0v) is 27.3. The number of ether oxygens (including phenoxy) is 7. The van der Waals surface area contributed by atoms with Gasteiger partial charge in [-0.2, -0.15) is 0 Å². The van der Waals surface area contributed by atoms with Crippen LogP contribution in [0.2, 0.25) is 0 Å². The van der Waals surface area contributed by atoms with E-state index in [1.165, 1.54) is 0 Å². The number of nitro groups is 1. The molecule has 0 aromatic heterocycles. The van der Waals surface area contributed by atoms with Gasteiger partial charge < -0.3 is 33.2 Å². The van der Waals surface area contributed by atoms with Crippen LogP contribution in [0.25, 0.3) is 0 Å². The molecule has 17 heteroatoms. The predicted octanol–water partition coefficient (Wildman–Crippen LogP) is 1.39. The molecule has 46 heavy (non-hydrogen) atoms. The fourth-order valence-corrected chi connectivity index (χ4v) is 5.59. The summed E-state index contributed by atoms with van der Waals surface area (Å²) in [6.45, 7) is 7.36. The van der Waals surface area contributed by atoms with Gasteiger partial charge in [-0.1, -0.05) is 11.1 Å². The van der Waals surface area contributed by atoms with E-state index in [0.29, 0.717) is 11.1 Å². The van der Waals surface area contributed by atoms with E-state index in [1.54, 1.807) is 13.8 Å². The Labute approximate surface area is 265 Å². The van der Waals surface area contributed by atoms with Crippen LogP contribution in [0.15, 0.2) is 11.1 Å². The third kappa shape index (κ3) is 10.2. The maximum absolute atomic E-state index is 13.3. The normalized spacial score (nSPS) is 20.8. The first-order valence-corrected chi connectivity index (χ1v) is 14.1. The number of carbonyl (C=O) groups is 7. The molecule has 7 atom stereocenters. The highest BCUT2D eigenvalue weighted by Gasteiger charge is 2.66. The monoisotopic (exact) mass is 659 g/mol. The van der Waals surface area contributed by atoms with Crippen molar-refractivity contribution in [2.24, 2.45) is 11.8 Å². The van der Waals surface area contributed by atoms with E-state index in [4.69, 9.17) is 33.2 Å². The van der Waals surface area contributed by atoms with Gasteiger partial charge in [-0.05, 0) is 20.3 Å². The summed E-state index contributed by atoms with van der Waals surface area (Å²) in [5, 5.41) is 13.3. The second-order valence-corrected chi connectivity index (χ2v) is 10.8. The van der Waals surface area contributed by atoms with Gasteiger partial charge in [0.05, 0.1) is 26.6 Å². The van der Waals surface area contributed by atoms with Crippen LogP contribution >= 0.6 is 0 Å². The summed E-state index contributed by atoms with van der Waals surface area (Å²) in [5.41, 5.74) is -1.43. The van der Waals surface area contributed by atoms with Crippen molar-refractivity contribution in [1.82, 2.24) is 0 Å². The molecule has 1 aliphatic carbocycles. The standard InChI is InChI=1S/C29H41NO16/c1-14-10-21(29(30(38)39,12-15(14)2)22(28(37)41-9)11-24(36)40-8)25(44-18(5)33)27(46-20(7)35)26(45-19(6)34)23(43-17(4)32)13-42-16(3)31/h21-23,25-27H,10-13H2,1-9H3/t21-,22-,23-,25+,26+,27-,29-/m1/s1. The molecule has 1 aliphatic rings. The lowest BCUT2D eigenvalue weighted by Crippen LogP contribution is -2.64. The number of carbonyl (C=O) groups excluding carboxylic acids is 7. The van der Waals surface area contributed by atoms with Crippen LogP contribution in [0.4, 0.5) is 0 Å². The lowest BCUT2D eigenvalue weighted by molar-refractivity contribution is -0.593. The van der Waals surface area contributed by atoms with Crippen molar-refractivity contribution in [2.75, 3.05) is 20.8 Å². The molecule has 0 N–H and O–H groups in total. The summed E-state index contributed by atoms with van der Waals surface area (Å²) in [4.78, 5) is 99.5. The maximum Gasteiger partial charge on any atom is 0.316 e. The van der Waals surface area contributed by atoms with Crippen molar-refractivity contribution in [3.05, 3.63) is 21.3 Å². The van der Waals surface area contributed by atoms with Crippen molar-refractivity contribution >= 4 is 41.8 Å². The molecule has 1 rings (SSSR count). The maximum atomic E-state index is 13.3. The fraction of sp³-hybridized carbons (Fsp3) is 0.690.